The van der Waals surface area contributed by atoms with Crippen molar-refractivity contribution in [3.05, 3.63) is 76.9 Å². The Balaban J connectivity index is 1.76. The average molecular weight is 448 g/mol. The zero-order valence-electron chi connectivity index (χ0n) is 15.7. The van der Waals surface area contributed by atoms with Gasteiger partial charge >= 0.3 is 5.97 Å². The number of carbonyl (C=O) groups excluding carboxylic acids is 2. The number of hydrogen-bond donors (Lipinski definition) is 2. The van der Waals surface area contributed by atoms with Crippen molar-refractivity contribution in [2.45, 2.75) is 11.8 Å². The van der Waals surface area contributed by atoms with Crippen LogP contribution < -0.4 is 10.0 Å². The summed E-state index contributed by atoms with van der Waals surface area (Å²) in [5.41, 5.74) is 0.165. The molecule has 10 heteroatoms. The molecule has 0 unspecified atom stereocenters. The van der Waals surface area contributed by atoms with Gasteiger partial charge in [0, 0.05) is 5.56 Å². The Morgan fingerprint density at radius 3 is 2.57 bits per heavy atom. The average Bonchev–Trinajstić information content (AvgIpc) is 3.16. The molecule has 3 rings (SSSR count). The molecular formula is C20H17FN2O5S2. The third-order valence-electron chi connectivity index (χ3n) is 3.80. The van der Waals surface area contributed by atoms with E-state index in [1.807, 2.05) is 0 Å². The van der Waals surface area contributed by atoms with Crippen molar-refractivity contribution >= 4 is 43.9 Å². The highest BCUT2D eigenvalue weighted by atomic mass is 32.2. The number of ether oxygens (including phenoxy) is 1. The van der Waals surface area contributed by atoms with Gasteiger partial charge in [-0.25, -0.2) is 17.6 Å². The number of halogens is 1. The lowest BCUT2D eigenvalue weighted by atomic mass is 10.2. The molecule has 0 radical (unpaired) electrons. The van der Waals surface area contributed by atoms with Crippen LogP contribution in [0.25, 0.3) is 0 Å². The van der Waals surface area contributed by atoms with Crippen molar-refractivity contribution in [3.8, 4) is 0 Å². The van der Waals surface area contributed by atoms with E-state index in [2.05, 4.69) is 10.0 Å². The quantitative estimate of drug-likeness (QED) is 0.530. The molecule has 2 N–H and O–H groups in total. The third-order valence-corrected chi connectivity index (χ3v) is 6.16. The lowest BCUT2D eigenvalue weighted by Gasteiger charge is -2.09. The Labute approximate surface area is 176 Å². The molecule has 3 aromatic rings. The molecule has 156 valence electrons. The summed E-state index contributed by atoms with van der Waals surface area (Å²) in [6.45, 7) is 1.93. The number of nitrogens with one attached hydrogen (secondary N) is 2. The molecule has 1 amide bonds. The van der Waals surface area contributed by atoms with Crippen molar-refractivity contribution in [2.75, 3.05) is 16.6 Å². The molecule has 30 heavy (non-hydrogen) atoms. The number of anilines is 2. The van der Waals surface area contributed by atoms with Gasteiger partial charge in [0.15, 0.2) is 0 Å². The van der Waals surface area contributed by atoms with E-state index < -0.39 is 27.7 Å². The minimum absolute atomic E-state index is 0.0648. The van der Waals surface area contributed by atoms with E-state index in [1.54, 1.807) is 13.0 Å². The van der Waals surface area contributed by atoms with Gasteiger partial charge in [-0.15, -0.1) is 11.3 Å². The van der Waals surface area contributed by atoms with Crippen LogP contribution >= 0.6 is 11.3 Å². The molecular weight excluding hydrogens is 431 g/mol. The lowest BCUT2D eigenvalue weighted by molar-refractivity contribution is 0.0532. The summed E-state index contributed by atoms with van der Waals surface area (Å²) in [5.74, 6) is -1.61. The minimum Gasteiger partial charge on any atom is -0.462 e. The fraction of sp³-hybridized carbons (Fsp3) is 0.100. The maximum atomic E-state index is 13.3. The van der Waals surface area contributed by atoms with Crippen LogP contribution in [0.4, 0.5) is 15.1 Å². The zero-order chi connectivity index (χ0) is 21.7. The first-order chi connectivity index (χ1) is 14.3. The van der Waals surface area contributed by atoms with Gasteiger partial charge in [-0.2, -0.15) is 0 Å². The molecule has 1 heterocycles. The number of sulfonamides is 1. The van der Waals surface area contributed by atoms with E-state index in [1.165, 1.54) is 48.5 Å². The number of carbonyl (C=O) groups is 2. The summed E-state index contributed by atoms with van der Waals surface area (Å²) in [6.07, 6.45) is 0. The second-order valence-electron chi connectivity index (χ2n) is 5.98. The van der Waals surface area contributed by atoms with Crippen molar-refractivity contribution in [3.63, 3.8) is 0 Å². The van der Waals surface area contributed by atoms with Gasteiger partial charge in [0.2, 0.25) is 0 Å². The molecule has 2 aromatic carbocycles. The highest BCUT2D eigenvalue weighted by Gasteiger charge is 2.18. The summed E-state index contributed by atoms with van der Waals surface area (Å²) in [7, 11) is -4.03. The van der Waals surface area contributed by atoms with Gasteiger partial charge in [-0.3, -0.25) is 9.52 Å². The molecule has 0 aliphatic heterocycles. The number of amides is 1. The molecule has 0 atom stereocenters. The number of hydrogen-bond acceptors (Lipinski definition) is 6. The van der Waals surface area contributed by atoms with E-state index in [-0.39, 0.29) is 22.8 Å². The third kappa shape index (κ3) is 5.22. The fourth-order valence-electron chi connectivity index (χ4n) is 2.47. The maximum absolute atomic E-state index is 13.3. The Bertz CT molecular complexity index is 1190. The molecule has 0 aliphatic rings. The summed E-state index contributed by atoms with van der Waals surface area (Å²) in [6, 6.07) is 13.5. The predicted molar refractivity (Wildman–Crippen MR) is 112 cm³/mol. The predicted octanol–water partition coefficient (Wildman–Crippen LogP) is 4.12. The van der Waals surface area contributed by atoms with Crippen LogP contribution in [0.5, 0.6) is 0 Å². The van der Waals surface area contributed by atoms with Gasteiger partial charge in [-0.05, 0) is 55.5 Å². The first-order valence-corrected chi connectivity index (χ1v) is 11.1. The summed E-state index contributed by atoms with van der Waals surface area (Å²) < 4.78 is 45.6. The largest absolute Gasteiger partial charge is 0.462 e. The van der Waals surface area contributed by atoms with Gasteiger partial charge in [0.1, 0.15) is 10.7 Å². The van der Waals surface area contributed by atoms with Gasteiger partial charge in [0.05, 0.1) is 22.2 Å². The monoisotopic (exact) mass is 448 g/mol. The highest BCUT2D eigenvalue weighted by Crippen LogP contribution is 2.24. The van der Waals surface area contributed by atoms with Crippen LogP contribution in [0.3, 0.4) is 0 Å². The Morgan fingerprint density at radius 2 is 1.83 bits per heavy atom. The van der Waals surface area contributed by atoms with E-state index in [0.29, 0.717) is 9.88 Å². The van der Waals surface area contributed by atoms with Crippen molar-refractivity contribution < 1.29 is 27.1 Å². The first kappa shape index (κ1) is 21.5. The van der Waals surface area contributed by atoms with E-state index >= 15 is 0 Å². The van der Waals surface area contributed by atoms with Gasteiger partial charge in [0.25, 0.3) is 15.9 Å². The summed E-state index contributed by atoms with van der Waals surface area (Å²) >= 11 is 1.04. The number of rotatable bonds is 7. The molecule has 0 bridgehead atoms. The molecule has 0 saturated carbocycles. The zero-order valence-corrected chi connectivity index (χ0v) is 17.3. The molecule has 0 saturated heterocycles. The highest BCUT2D eigenvalue weighted by molar-refractivity contribution is 7.92. The topological polar surface area (TPSA) is 102 Å². The molecule has 1 aromatic heterocycles. The fourth-order valence-corrected chi connectivity index (χ4v) is 4.36. The first-order valence-electron chi connectivity index (χ1n) is 8.75. The maximum Gasteiger partial charge on any atom is 0.348 e. The van der Waals surface area contributed by atoms with Crippen molar-refractivity contribution in [2.24, 2.45) is 0 Å². The van der Waals surface area contributed by atoms with E-state index in [0.717, 1.165) is 17.4 Å². The van der Waals surface area contributed by atoms with Crippen LogP contribution in [-0.4, -0.2) is 26.9 Å². The van der Waals surface area contributed by atoms with Crippen LogP contribution in [0, 0.1) is 5.82 Å². The summed E-state index contributed by atoms with van der Waals surface area (Å²) in [5, 5.41) is 3.03. The smallest absolute Gasteiger partial charge is 0.348 e. The van der Waals surface area contributed by atoms with Crippen LogP contribution in [0.2, 0.25) is 0 Å². The molecule has 0 aliphatic carbocycles. The van der Waals surface area contributed by atoms with Crippen LogP contribution in [0.1, 0.15) is 27.0 Å². The van der Waals surface area contributed by atoms with E-state index in [9.17, 15) is 22.4 Å². The standard InChI is InChI=1S/C20H17FN2O5S2/c1-2-28-20(25)17-9-10-18(29-17)22-19(24)13-5-3-8-16(11-13)30(26,27)23-15-7-4-6-14(21)12-15/h3-12,23H,2H2,1H3,(H,22,24). The van der Waals surface area contributed by atoms with E-state index in [4.69, 9.17) is 4.74 Å². The Morgan fingerprint density at radius 1 is 1.07 bits per heavy atom. The number of esters is 1. The number of benzene rings is 2. The van der Waals surface area contributed by atoms with Crippen LogP contribution in [-0.2, 0) is 14.8 Å². The normalized spacial score (nSPS) is 11.0. The molecule has 0 fully saturated rings. The Kier molecular flexibility index (Phi) is 6.48. The lowest BCUT2D eigenvalue weighted by Crippen LogP contribution is -2.15. The van der Waals surface area contributed by atoms with Crippen molar-refractivity contribution in [1.29, 1.82) is 0 Å². The second kappa shape index (κ2) is 9.06. The number of thiophene rings is 1. The minimum atomic E-state index is -4.03. The molecule has 7 nitrogen and oxygen atoms in total. The van der Waals surface area contributed by atoms with Gasteiger partial charge in [-0.1, -0.05) is 12.1 Å². The Hall–Kier alpha value is -3.24. The summed E-state index contributed by atoms with van der Waals surface area (Å²) in [4.78, 5) is 24.4. The second-order valence-corrected chi connectivity index (χ2v) is 8.75. The van der Waals surface area contributed by atoms with Crippen LogP contribution in [0.15, 0.2) is 65.6 Å². The SMILES string of the molecule is CCOC(=O)c1ccc(NC(=O)c2cccc(S(=O)(=O)Nc3cccc(F)c3)c2)s1. The van der Waals surface area contributed by atoms with Gasteiger partial charge < -0.3 is 10.1 Å². The van der Waals surface area contributed by atoms with Crippen molar-refractivity contribution in [1.82, 2.24) is 0 Å². The molecule has 0 spiro atoms.